The minimum atomic E-state index is -4.80. The van der Waals surface area contributed by atoms with Gasteiger partial charge in [-0.05, 0) is 25.7 Å². The molecule has 11 heteroatoms. The van der Waals surface area contributed by atoms with Gasteiger partial charge in [0.25, 0.3) is 0 Å². The molecule has 2 heterocycles. The molecular weight excluding hydrogens is 441 g/mol. The summed E-state index contributed by atoms with van der Waals surface area (Å²) in [5, 5.41) is 13.1. The predicted octanol–water partition coefficient (Wildman–Crippen LogP) is 2.36. The van der Waals surface area contributed by atoms with Crippen molar-refractivity contribution in [3.05, 3.63) is 36.5 Å². The summed E-state index contributed by atoms with van der Waals surface area (Å²) < 4.78 is 27.0. The number of amides is 1. The van der Waals surface area contributed by atoms with E-state index in [1.807, 2.05) is 26.0 Å². The number of carbonyl (C=O) groups is 2. The molecule has 2 saturated heterocycles. The van der Waals surface area contributed by atoms with Crippen LogP contribution in [0.5, 0.6) is 0 Å². The molecule has 10 nitrogen and oxygen atoms in total. The lowest BCUT2D eigenvalue weighted by Gasteiger charge is -2.35. The van der Waals surface area contributed by atoms with E-state index in [4.69, 9.17) is 14.0 Å². The van der Waals surface area contributed by atoms with E-state index in [2.05, 4.69) is 5.32 Å². The van der Waals surface area contributed by atoms with E-state index >= 15 is 0 Å². The van der Waals surface area contributed by atoms with Gasteiger partial charge >= 0.3 is 19.9 Å². The third-order valence-corrected chi connectivity index (χ3v) is 6.18. The van der Waals surface area contributed by atoms with Crippen LogP contribution in [0.3, 0.4) is 0 Å². The second kappa shape index (κ2) is 11.8. The number of alkyl carbamates (subject to hydrolysis) is 1. The maximum absolute atomic E-state index is 11.9. The maximum atomic E-state index is 11.9. The van der Waals surface area contributed by atoms with E-state index in [0.29, 0.717) is 6.42 Å². The van der Waals surface area contributed by atoms with Crippen molar-refractivity contribution >= 4 is 19.9 Å². The number of rotatable bonds is 11. The number of hydrogen-bond acceptors (Lipinski definition) is 7. The van der Waals surface area contributed by atoms with Crippen LogP contribution in [0.25, 0.3) is 0 Å². The molecule has 0 aromatic carbocycles. The van der Waals surface area contributed by atoms with Crippen LogP contribution < -0.4 is 5.32 Å². The van der Waals surface area contributed by atoms with Crippen molar-refractivity contribution in [1.82, 2.24) is 5.32 Å². The predicted molar refractivity (Wildman–Crippen MR) is 115 cm³/mol. The SMILES string of the molecule is C/C=C/C=C\C=C/[C@H](O)[C@H](C)[C@H](CC[C@H](C)[C@@H]1OC(=O)C[C@@H]2OC(=O)N[C@H]12)OP(=O)(O)O. The molecule has 4 N–H and O–H groups in total. The first-order chi connectivity index (χ1) is 15.0. The Bertz CT molecular complexity index is 790. The van der Waals surface area contributed by atoms with Gasteiger partial charge in [-0.1, -0.05) is 50.3 Å². The Hall–Kier alpha value is -1.97. The largest absolute Gasteiger partial charge is 0.469 e. The summed E-state index contributed by atoms with van der Waals surface area (Å²) in [4.78, 5) is 42.1. The van der Waals surface area contributed by atoms with Crippen molar-refractivity contribution < 1.29 is 43.0 Å². The fraction of sp³-hybridized carbons (Fsp3) is 0.619. The summed E-state index contributed by atoms with van der Waals surface area (Å²) >= 11 is 0. The van der Waals surface area contributed by atoms with E-state index < -0.39 is 56.3 Å². The Balaban J connectivity index is 2.03. The van der Waals surface area contributed by atoms with Crippen LogP contribution >= 0.6 is 7.82 Å². The van der Waals surface area contributed by atoms with Gasteiger partial charge in [-0.3, -0.25) is 9.32 Å². The molecule has 180 valence electrons. The zero-order valence-electron chi connectivity index (χ0n) is 18.4. The topological polar surface area (TPSA) is 152 Å². The number of aliphatic hydroxyl groups excluding tert-OH is 1. The first-order valence-electron chi connectivity index (χ1n) is 10.6. The van der Waals surface area contributed by atoms with Gasteiger partial charge in [0.15, 0.2) is 0 Å². The fourth-order valence-electron chi connectivity index (χ4n) is 3.84. The van der Waals surface area contributed by atoms with Gasteiger partial charge in [0.1, 0.15) is 18.2 Å². The lowest BCUT2D eigenvalue weighted by Crippen LogP contribution is -2.52. The number of hydrogen-bond donors (Lipinski definition) is 4. The second-order valence-corrected chi connectivity index (χ2v) is 9.30. The average Bonchev–Trinajstić information content (AvgIpc) is 3.08. The van der Waals surface area contributed by atoms with E-state index in [-0.39, 0.29) is 18.8 Å². The lowest BCUT2D eigenvalue weighted by molar-refractivity contribution is -0.164. The smallest absolute Gasteiger partial charge is 0.460 e. The van der Waals surface area contributed by atoms with Crippen molar-refractivity contribution in [1.29, 1.82) is 0 Å². The summed E-state index contributed by atoms with van der Waals surface area (Å²) in [5.41, 5.74) is 0. The van der Waals surface area contributed by atoms with Crippen molar-refractivity contribution in [2.24, 2.45) is 11.8 Å². The summed E-state index contributed by atoms with van der Waals surface area (Å²) in [7, 11) is -4.80. The van der Waals surface area contributed by atoms with E-state index in [1.165, 1.54) is 6.08 Å². The first-order valence-corrected chi connectivity index (χ1v) is 12.1. The van der Waals surface area contributed by atoms with Gasteiger partial charge in [0.05, 0.1) is 18.6 Å². The van der Waals surface area contributed by atoms with Gasteiger partial charge < -0.3 is 29.7 Å². The molecule has 2 aliphatic rings. The Labute approximate surface area is 187 Å². The van der Waals surface area contributed by atoms with E-state index in [9.17, 15) is 29.0 Å². The number of aliphatic hydroxyl groups is 1. The second-order valence-electron chi connectivity index (χ2n) is 8.11. The van der Waals surface area contributed by atoms with Crippen LogP contribution in [0.15, 0.2) is 36.5 Å². The molecule has 0 bridgehead atoms. The number of allylic oxidation sites excluding steroid dienone is 5. The molecule has 0 aromatic rings. The fourth-order valence-corrected chi connectivity index (χ4v) is 4.49. The number of ether oxygens (including phenoxy) is 2. The standard InChI is InChI=1S/C21H32NO9P/c1-4-5-6-7-8-9-15(23)14(3)16(31-32(26,27)28)11-10-13(2)20-19-17(12-18(24)30-20)29-21(25)22-19/h4-9,13-17,19-20,23H,10-12H2,1-3H3,(H,22,25)(H2,26,27,28)/b5-4+,7-6-,9-8-/t13-,14-,15-,16-,17-,19-,20-/m0/s1. The molecular formula is C21H32NO9P. The Kier molecular flexibility index (Phi) is 9.66. The van der Waals surface area contributed by atoms with Crippen molar-refractivity contribution in [2.75, 3.05) is 0 Å². The third-order valence-electron chi connectivity index (χ3n) is 5.63. The summed E-state index contributed by atoms with van der Waals surface area (Å²) in [5.74, 6) is -1.36. The first kappa shape index (κ1) is 26.3. The number of fused-ring (bicyclic) bond motifs is 1. The van der Waals surface area contributed by atoms with Crippen LogP contribution in [0, 0.1) is 11.8 Å². The highest BCUT2D eigenvalue weighted by molar-refractivity contribution is 7.46. The highest BCUT2D eigenvalue weighted by atomic mass is 31.2. The molecule has 0 unspecified atom stereocenters. The Morgan fingerprint density at radius 1 is 1.16 bits per heavy atom. The van der Waals surface area contributed by atoms with Gasteiger partial charge in [-0.15, -0.1) is 0 Å². The Morgan fingerprint density at radius 2 is 1.84 bits per heavy atom. The molecule has 0 spiro atoms. The molecule has 2 fully saturated rings. The molecule has 0 radical (unpaired) electrons. The minimum Gasteiger partial charge on any atom is -0.460 e. The maximum Gasteiger partial charge on any atom is 0.469 e. The van der Waals surface area contributed by atoms with Crippen LogP contribution in [-0.2, 0) is 23.4 Å². The highest BCUT2D eigenvalue weighted by Crippen LogP contribution is 2.41. The number of phosphoric ester groups is 1. The normalized spacial score (nSPS) is 27.8. The van der Waals surface area contributed by atoms with Gasteiger partial charge in [-0.2, -0.15) is 0 Å². The summed E-state index contributed by atoms with van der Waals surface area (Å²) in [6.45, 7) is 5.32. The Morgan fingerprint density at radius 3 is 2.50 bits per heavy atom. The van der Waals surface area contributed by atoms with Crippen LogP contribution in [0.1, 0.15) is 40.0 Å². The van der Waals surface area contributed by atoms with Crippen LogP contribution in [0.4, 0.5) is 4.79 Å². The summed E-state index contributed by atoms with van der Waals surface area (Å²) in [6.07, 6.45) is 7.07. The molecule has 2 aliphatic heterocycles. The number of nitrogens with one attached hydrogen (secondary N) is 1. The highest BCUT2D eigenvalue weighted by Gasteiger charge is 2.48. The van der Waals surface area contributed by atoms with Crippen LogP contribution in [-0.4, -0.2) is 57.4 Å². The molecule has 0 saturated carbocycles. The zero-order chi connectivity index (χ0) is 23.9. The quantitative estimate of drug-likeness (QED) is 0.201. The van der Waals surface area contributed by atoms with E-state index in [0.717, 1.165) is 0 Å². The number of cyclic esters (lactones) is 1. The van der Waals surface area contributed by atoms with Crippen molar-refractivity contribution in [3.63, 3.8) is 0 Å². The van der Waals surface area contributed by atoms with Crippen molar-refractivity contribution in [2.45, 2.75) is 70.5 Å². The summed E-state index contributed by atoms with van der Waals surface area (Å²) in [6, 6.07) is -0.480. The number of esters is 1. The monoisotopic (exact) mass is 473 g/mol. The average molecular weight is 473 g/mol. The molecule has 1 amide bonds. The number of carbonyl (C=O) groups excluding carboxylic acids is 2. The molecule has 0 aliphatic carbocycles. The van der Waals surface area contributed by atoms with Crippen molar-refractivity contribution in [3.8, 4) is 0 Å². The third kappa shape index (κ3) is 7.86. The van der Waals surface area contributed by atoms with Crippen LogP contribution in [0.2, 0.25) is 0 Å². The van der Waals surface area contributed by atoms with Gasteiger partial charge in [0.2, 0.25) is 0 Å². The van der Waals surface area contributed by atoms with Gasteiger partial charge in [0, 0.05) is 5.92 Å². The molecule has 7 atom stereocenters. The van der Waals surface area contributed by atoms with E-state index in [1.54, 1.807) is 25.2 Å². The molecule has 2 rings (SSSR count). The number of phosphoric acid groups is 1. The molecule has 32 heavy (non-hydrogen) atoms. The zero-order valence-corrected chi connectivity index (χ0v) is 19.3. The van der Waals surface area contributed by atoms with Gasteiger partial charge in [-0.25, -0.2) is 9.36 Å². The minimum absolute atomic E-state index is 0.0192. The molecule has 0 aromatic heterocycles. The lowest BCUT2D eigenvalue weighted by atomic mass is 9.85.